The molecule has 0 spiro atoms. The van der Waals surface area contributed by atoms with Gasteiger partial charge in [0.05, 0.1) is 35.5 Å². The fourth-order valence-electron chi connectivity index (χ4n) is 8.37. The number of pyridine rings is 1. The van der Waals surface area contributed by atoms with Crippen molar-refractivity contribution in [2.75, 3.05) is 36.3 Å². The molecule has 14 nitrogen and oxygen atoms in total. The molecule has 8 aromatic rings. The van der Waals surface area contributed by atoms with Crippen LogP contribution in [-0.2, 0) is 0 Å². The summed E-state index contributed by atoms with van der Waals surface area (Å²) >= 11 is 0. The van der Waals surface area contributed by atoms with Crippen LogP contribution in [0, 0.1) is 36.0 Å². The zero-order chi connectivity index (χ0) is 50.0. The number of fused-ring (bicyclic) bond motifs is 4. The number of benzene rings is 4. The largest absolute Gasteiger partial charge is 0.489 e. The summed E-state index contributed by atoms with van der Waals surface area (Å²) in [6, 6.07) is 20.4. The van der Waals surface area contributed by atoms with Gasteiger partial charge in [-0.05, 0) is 80.8 Å². The summed E-state index contributed by atoms with van der Waals surface area (Å²) in [6.07, 6.45) is 4.25. The molecule has 19 heteroatoms. The van der Waals surface area contributed by atoms with Crippen molar-refractivity contribution in [2.45, 2.75) is 60.4 Å². The minimum absolute atomic E-state index is 0. The molecule has 2 N–H and O–H groups in total. The first-order valence-electron chi connectivity index (χ1n) is 22.6. The van der Waals surface area contributed by atoms with Crippen LogP contribution in [0.4, 0.5) is 33.3 Å². The highest BCUT2D eigenvalue weighted by atomic mass is 19.2. The van der Waals surface area contributed by atoms with E-state index in [0.717, 1.165) is 23.5 Å². The number of carbonyl (C=O) groups is 2. The Bertz CT molecular complexity index is 3280. The average Bonchev–Trinajstić information content (AvgIpc) is 3.97. The maximum atomic E-state index is 14.7. The Labute approximate surface area is 402 Å². The predicted octanol–water partition coefficient (Wildman–Crippen LogP) is 10.8. The first-order chi connectivity index (χ1) is 33.7. The number of halogens is 5. The highest BCUT2D eigenvalue weighted by Crippen LogP contribution is 2.35. The minimum Gasteiger partial charge on any atom is -0.489 e. The number of nitrogens with one attached hydrogen (secondary N) is 2. The standard InChI is InChI=1S/C25H23F2N5O2.C24H20F3N5O2.C2H6.2H2/c1-14(2)32-19-8-9-28-22(16-12-15(3)13-17(26)21(16)27)23(19)29-24(32)25(33)30-31-10-11-34-20-7-5-4-6-18(20)31;1-13(2)22-16(24(33)30-32-7-8-34-19-6-4-3-5-18(19)32)11-28-23-21(29-12-31(22)23)15-9-14(25)10-17(26)20(15)27;1-2;;/h4-9,12-14H,10-11H2,1-3H3,(H,30,33);3-6,9-13H,7-8H2,1-2H3,(H,30,33);1-2H3;2*1H. The number of amides is 2. The maximum Gasteiger partial charge on any atom is 0.305 e. The van der Waals surface area contributed by atoms with Gasteiger partial charge in [-0.15, -0.1) is 0 Å². The number of aromatic nitrogens is 6. The molecule has 2 aliphatic heterocycles. The minimum atomic E-state index is -1.32. The molecular formula is C51H53F5N10O4. The van der Waals surface area contributed by atoms with Gasteiger partial charge in [-0.1, -0.05) is 52.0 Å². The van der Waals surface area contributed by atoms with Crippen LogP contribution in [-0.4, -0.2) is 67.0 Å². The zero-order valence-corrected chi connectivity index (χ0v) is 39.3. The summed E-state index contributed by atoms with van der Waals surface area (Å²) in [5.41, 5.74) is 9.64. The smallest absolute Gasteiger partial charge is 0.305 e. The van der Waals surface area contributed by atoms with Crippen molar-refractivity contribution in [3.05, 3.63) is 149 Å². The molecule has 0 saturated carbocycles. The zero-order valence-electron chi connectivity index (χ0n) is 39.3. The number of imidazole rings is 2. The number of ether oxygens (including phenoxy) is 2. The number of carbonyl (C=O) groups excluding carboxylic acids is 2. The van der Waals surface area contributed by atoms with E-state index in [4.69, 9.17) is 9.47 Å². The second kappa shape index (κ2) is 20.2. The Balaban J connectivity index is 0.000000222. The van der Waals surface area contributed by atoms with Gasteiger partial charge in [-0.25, -0.2) is 36.9 Å². The van der Waals surface area contributed by atoms with Gasteiger partial charge >= 0.3 is 5.91 Å². The molecule has 0 atom stereocenters. The summed E-state index contributed by atoms with van der Waals surface area (Å²) in [7, 11) is 0. The molecule has 10 rings (SSSR count). The Morgan fingerprint density at radius 1 is 0.714 bits per heavy atom. The third-order valence-electron chi connectivity index (χ3n) is 11.3. The lowest BCUT2D eigenvalue weighted by atomic mass is 10.0. The van der Waals surface area contributed by atoms with Gasteiger partial charge in [0.1, 0.15) is 53.8 Å². The number of para-hydroxylation sites is 4. The van der Waals surface area contributed by atoms with Crippen LogP contribution in [0.15, 0.2) is 97.6 Å². The van der Waals surface area contributed by atoms with Gasteiger partial charge in [0.2, 0.25) is 5.82 Å². The predicted molar refractivity (Wildman–Crippen MR) is 259 cm³/mol. The van der Waals surface area contributed by atoms with Crippen molar-refractivity contribution in [3.63, 3.8) is 0 Å². The van der Waals surface area contributed by atoms with Gasteiger partial charge in [0.15, 0.2) is 28.9 Å². The molecule has 0 aliphatic carbocycles. The SMILES string of the molecule is CC.CC(C)c1c(C(=O)NN2CCOc3ccccc32)cnc2c(-c3cc(F)cc(F)c3F)ncn12.Cc1cc(F)c(F)c(-c2nccc3c2nc(C(=O)NN2CCOc4ccccc42)n3C(C)C)c1.[HH].[HH]. The molecule has 0 unspecified atom stereocenters. The van der Waals surface area contributed by atoms with Crippen molar-refractivity contribution < 1.29 is 43.9 Å². The van der Waals surface area contributed by atoms with E-state index >= 15 is 0 Å². The molecule has 0 radical (unpaired) electrons. The fourth-order valence-corrected chi connectivity index (χ4v) is 8.37. The lowest BCUT2D eigenvalue weighted by molar-refractivity contribution is 0.0925. The first kappa shape index (κ1) is 48.4. The van der Waals surface area contributed by atoms with Crippen LogP contribution in [0.2, 0.25) is 0 Å². The van der Waals surface area contributed by atoms with Crippen molar-refractivity contribution in [1.82, 2.24) is 39.8 Å². The Kier molecular flexibility index (Phi) is 14.0. The van der Waals surface area contributed by atoms with Gasteiger partial charge in [-0.2, -0.15) is 0 Å². The Morgan fingerprint density at radius 3 is 1.91 bits per heavy atom. The quantitative estimate of drug-likeness (QED) is 0.112. The van der Waals surface area contributed by atoms with Crippen LogP contribution >= 0.6 is 0 Å². The first-order valence-corrected chi connectivity index (χ1v) is 22.6. The maximum absolute atomic E-state index is 14.7. The van der Waals surface area contributed by atoms with E-state index in [1.807, 2.05) is 90.1 Å². The highest BCUT2D eigenvalue weighted by Gasteiger charge is 2.29. The third-order valence-corrected chi connectivity index (χ3v) is 11.3. The number of rotatable bonds is 8. The Hall–Kier alpha value is -8.09. The molecule has 2 amide bonds. The summed E-state index contributed by atoms with van der Waals surface area (Å²) < 4.78 is 85.5. The molecule has 4 aromatic carbocycles. The molecule has 6 heterocycles. The Morgan fingerprint density at radius 2 is 1.30 bits per heavy atom. The average molecular weight is 965 g/mol. The van der Waals surface area contributed by atoms with Crippen LogP contribution in [0.3, 0.4) is 0 Å². The normalized spacial score (nSPS) is 12.9. The second-order valence-corrected chi connectivity index (χ2v) is 16.6. The fraction of sp³-hybridized carbons (Fsp3) is 0.255. The van der Waals surface area contributed by atoms with E-state index in [0.29, 0.717) is 71.7 Å². The highest BCUT2D eigenvalue weighted by molar-refractivity contribution is 5.99. The lowest BCUT2D eigenvalue weighted by Gasteiger charge is -2.31. The summed E-state index contributed by atoms with van der Waals surface area (Å²) in [5, 5.41) is 3.43. The van der Waals surface area contributed by atoms with E-state index in [1.54, 1.807) is 32.0 Å². The number of hydrogen-bond acceptors (Lipinski definition) is 10. The van der Waals surface area contributed by atoms with Crippen molar-refractivity contribution in [3.8, 4) is 34.0 Å². The van der Waals surface area contributed by atoms with Crippen LogP contribution in [0.1, 0.15) is 88.6 Å². The molecule has 0 bridgehead atoms. The summed E-state index contributed by atoms with van der Waals surface area (Å²) in [4.78, 5) is 44.0. The molecule has 0 fully saturated rings. The van der Waals surface area contributed by atoms with Crippen molar-refractivity contribution in [1.29, 1.82) is 0 Å². The topological polar surface area (TPSA) is 144 Å². The van der Waals surface area contributed by atoms with Crippen molar-refractivity contribution in [2.24, 2.45) is 0 Å². The van der Waals surface area contributed by atoms with Gasteiger partial charge in [0, 0.05) is 44.2 Å². The van der Waals surface area contributed by atoms with Gasteiger partial charge in [0.25, 0.3) is 5.91 Å². The molecule has 4 aromatic heterocycles. The molecule has 0 saturated heterocycles. The van der Waals surface area contributed by atoms with Gasteiger partial charge in [-0.3, -0.25) is 39.8 Å². The van der Waals surface area contributed by atoms with Gasteiger partial charge < -0.3 is 14.0 Å². The number of nitrogens with zero attached hydrogens (tertiary/aromatic N) is 8. The number of anilines is 2. The molecule has 366 valence electrons. The molecular weight excluding hydrogens is 912 g/mol. The van der Waals surface area contributed by atoms with E-state index < -0.39 is 40.9 Å². The van der Waals surface area contributed by atoms with E-state index in [1.165, 1.54) is 24.8 Å². The monoisotopic (exact) mass is 964 g/mol. The lowest BCUT2D eigenvalue weighted by Crippen LogP contribution is -2.47. The second-order valence-electron chi connectivity index (χ2n) is 16.6. The molecule has 70 heavy (non-hydrogen) atoms. The molecule has 2 aliphatic rings. The summed E-state index contributed by atoms with van der Waals surface area (Å²) in [6.45, 7) is 15.0. The van der Waals surface area contributed by atoms with Crippen LogP contribution in [0.25, 0.3) is 39.2 Å². The van der Waals surface area contributed by atoms with Crippen LogP contribution in [0.5, 0.6) is 11.5 Å². The van der Waals surface area contributed by atoms with Crippen LogP contribution < -0.4 is 30.3 Å². The van der Waals surface area contributed by atoms with E-state index in [9.17, 15) is 31.5 Å². The third kappa shape index (κ3) is 9.25. The number of hydrazine groups is 2. The summed E-state index contributed by atoms with van der Waals surface area (Å²) in [5.74, 6) is -4.91. The van der Waals surface area contributed by atoms with Crippen molar-refractivity contribution >= 4 is 39.9 Å². The van der Waals surface area contributed by atoms with E-state index in [-0.39, 0.29) is 48.8 Å². The van der Waals surface area contributed by atoms with E-state index in [2.05, 4.69) is 30.8 Å². The number of hydrogen-bond donors (Lipinski definition) is 2. The number of aryl methyl sites for hydroxylation is 1.